The fraction of sp³-hybridized carbons (Fsp3) is 0.286. The Bertz CT molecular complexity index is 625. The topological polar surface area (TPSA) is 55.6 Å². The molecule has 1 heterocycles. The fourth-order valence-electron chi connectivity index (χ4n) is 1.86. The van der Waals surface area contributed by atoms with Crippen molar-refractivity contribution in [2.75, 3.05) is 14.2 Å². The molecule has 0 saturated carbocycles. The Morgan fingerprint density at radius 1 is 1.45 bits per heavy atom. The summed E-state index contributed by atoms with van der Waals surface area (Å²) in [5.41, 5.74) is 1.22. The minimum absolute atomic E-state index is 0.191. The lowest BCUT2D eigenvalue weighted by molar-refractivity contribution is 0.0774. The number of ether oxygens (including phenoxy) is 1. The van der Waals surface area contributed by atoms with Gasteiger partial charge in [-0.05, 0) is 25.1 Å². The molecule has 20 heavy (non-hydrogen) atoms. The molecule has 1 amide bonds. The zero-order valence-corrected chi connectivity index (χ0v) is 13.1. The molecule has 2 rings (SSSR count). The van der Waals surface area contributed by atoms with Gasteiger partial charge in [-0.25, -0.2) is 0 Å². The summed E-state index contributed by atoms with van der Waals surface area (Å²) in [5, 5.41) is 3.73. The van der Waals surface area contributed by atoms with E-state index in [1.54, 1.807) is 32.0 Å². The molecule has 0 fully saturated rings. The third-order valence-corrected chi connectivity index (χ3v) is 3.34. The van der Waals surface area contributed by atoms with Gasteiger partial charge in [-0.1, -0.05) is 21.1 Å². The molecule has 0 radical (unpaired) electrons. The van der Waals surface area contributed by atoms with Crippen molar-refractivity contribution < 1.29 is 14.1 Å². The smallest absolute Gasteiger partial charge is 0.276 e. The summed E-state index contributed by atoms with van der Waals surface area (Å²) in [4.78, 5) is 13.8. The van der Waals surface area contributed by atoms with Gasteiger partial charge in [0.2, 0.25) is 0 Å². The number of halogens is 1. The van der Waals surface area contributed by atoms with Gasteiger partial charge < -0.3 is 14.2 Å². The Labute approximate surface area is 125 Å². The maximum absolute atomic E-state index is 12.2. The standard InChI is InChI=1S/C14H15BrN2O3/c1-9-6-12(16-20-9)14(18)17(2)8-10-7-11(15)4-5-13(10)19-3/h4-7H,8H2,1-3H3. The summed E-state index contributed by atoms with van der Waals surface area (Å²) >= 11 is 3.41. The Hall–Kier alpha value is -1.82. The first-order valence-electron chi connectivity index (χ1n) is 6.02. The third-order valence-electron chi connectivity index (χ3n) is 2.84. The second-order valence-corrected chi connectivity index (χ2v) is 5.36. The largest absolute Gasteiger partial charge is 0.496 e. The molecule has 1 aromatic carbocycles. The lowest BCUT2D eigenvalue weighted by Crippen LogP contribution is -2.26. The van der Waals surface area contributed by atoms with Gasteiger partial charge in [-0.15, -0.1) is 0 Å². The number of carbonyl (C=O) groups excluding carboxylic acids is 1. The van der Waals surface area contributed by atoms with Gasteiger partial charge in [0.15, 0.2) is 5.69 Å². The van der Waals surface area contributed by atoms with Crippen molar-refractivity contribution in [1.82, 2.24) is 10.1 Å². The number of aryl methyl sites for hydroxylation is 1. The van der Waals surface area contributed by atoms with E-state index in [1.807, 2.05) is 18.2 Å². The average Bonchev–Trinajstić information content (AvgIpc) is 2.84. The Morgan fingerprint density at radius 2 is 2.20 bits per heavy atom. The summed E-state index contributed by atoms with van der Waals surface area (Å²) in [6, 6.07) is 7.30. The van der Waals surface area contributed by atoms with Gasteiger partial charge in [-0.3, -0.25) is 4.79 Å². The first-order chi connectivity index (χ1) is 9.51. The molecule has 0 N–H and O–H groups in total. The van der Waals surface area contributed by atoms with Gasteiger partial charge in [0.05, 0.1) is 7.11 Å². The number of aromatic nitrogens is 1. The van der Waals surface area contributed by atoms with Crippen LogP contribution in [0.1, 0.15) is 21.8 Å². The summed E-state index contributed by atoms with van der Waals surface area (Å²) in [5.74, 6) is 1.16. The van der Waals surface area contributed by atoms with Crippen LogP contribution in [0.2, 0.25) is 0 Å². The maximum atomic E-state index is 12.2. The van der Waals surface area contributed by atoms with Crippen molar-refractivity contribution in [2.45, 2.75) is 13.5 Å². The average molecular weight is 339 g/mol. The molecule has 0 saturated heterocycles. The zero-order chi connectivity index (χ0) is 14.7. The third kappa shape index (κ3) is 3.19. The predicted molar refractivity (Wildman–Crippen MR) is 77.7 cm³/mol. The number of nitrogens with zero attached hydrogens (tertiary/aromatic N) is 2. The van der Waals surface area contributed by atoms with Crippen LogP contribution in [0.5, 0.6) is 5.75 Å². The molecule has 0 unspecified atom stereocenters. The molecule has 0 aliphatic heterocycles. The number of hydrogen-bond acceptors (Lipinski definition) is 4. The second kappa shape index (κ2) is 6.09. The second-order valence-electron chi connectivity index (χ2n) is 4.44. The minimum atomic E-state index is -0.191. The van der Waals surface area contributed by atoms with E-state index in [4.69, 9.17) is 9.26 Å². The lowest BCUT2D eigenvalue weighted by Gasteiger charge is -2.17. The summed E-state index contributed by atoms with van der Waals surface area (Å²) in [6.07, 6.45) is 0. The molecule has 6 heteroatoms. The van der Waals surface area contributed by atoms with E-state index >= 15 is 0 Å². The van der Waals surface area contributed by atoms with Crippen molar-refractivity contribution in [3.63, 3.8) is 0 Å². The first-order valence-corrected chi connectivity index (χ1v) is 6.81. The Morgan fingerprint density at radius 3 is 2.80 bits per heavy atom. The molecule has 0 atom stereocenters. The molecular formula is C14H15BrN2O3. The Balaban J connectivity index is 2.17. The normalized spacial score (nSPS) is 10.4. The van der Waals surface area contributed by atoms with E-state index in [0.717, 1.165) is 15.8 Å². The molecule has 5 nitrogen and oxygen atoms in total. The van der Waals surface area contributed by atoms with Gasteiger partial charge >= 0.3 is 0 Å². The molecule has 0 aliphatic rings. The van der Waals surface area contributed by atoms with Crippen LogP contribution in [0.15, 0.2) is 33.3 Å². The van der Waals surface area contributed by atoms with Crippen LogP contribution in [0.25, 0.3) is 0 Å². The highest BCUT2D eigenvalue weighted by Gasteiger charge is 2.17. The van der Waals surface area contributed by atoms with Gasteiger partial charge in [0.1, 0.15) is 11.5 Å². The van der Waals surface area contributed by atoms with Crippen molar-refractivity contribution in [2.24, 2.45) is 0 Å². The minimum Gasteiger partial charge on any atom is -0.496 e. The van der Waals surface area contributed by atoms with Gasteiger partial charge in [-0.2, -0.15) is 0 Å². The van der Waals surface area contributed by atoms with E-state index in [1.165, 1.54) is 0 Å². The zero-order valence-electron chi connectivity index (χ0n) is 11.5. The highest BCUT2D eigenvalue weighted by Crippen LogP contribution is 2.24. The highest BCUT2D eigenvalue weighted by atomic mass is 79.9. The maximum Gasteiger partial charge on any atom is 0.276 e. The SMILES string of the molecule is COc1ccc(Br)cc1CN(C)C(=O)c1cc(C)on1. The van der Waals surface area contributed by atoms with Crippen LogP contribution in [-0.4, -0.2) is 30.1 Å². The van der Waals surface area contributed by atoms with E-state index in [0.29, 0.717) is 18.0 Å². The number of hydrogen-bond donors (Lipinski definition) is 0. The van der Waals surface area contributed by atoms with Crippen LogP contribution < -0.4 is 4.74 Å². The van der Waals surface area contributed by atoms with E-state index in [-0.39, 0.29) is 5.91 Å². The Kier molecular flexibility index (Phi) is 4.44. The van der Waals surface area contributed by atoms with Crippen molar-refractivity contribution in [3.8, 4) is 5.75 Å². The molecule has 0 spiro atoms. The number of amides is 1. The number of carbonyl (C=O) groups is 1. The number of methoxy groups -OCH3 is 1. The van der Waals surface area contributed by atoms with Gasteiger partial charge in [0, 0.05) is 29.7 Å². The fourth-order valence-corrected chi connectivity index (χ4v) is 2.27. The van der Waals surface area contributed by atoms with Crippen molar-refractivity contribution in [3.05, 3.63) is 45.8 Å². The molecule has 0 aliphatic carbocycles. The van der Waals surface area contributed by atoms with E-state index in [2.05, 4.69) is 21.1 Å². The van der Waals surface area contributed by atoms with Crippen molar-refractivity contribution >= 4 is 21.8 Å². The van der Waals surface area contributed by atoms with Crippen LogP contribution >= 0.6 is 15.9 Å². The van der Waals surface area contributed by atoms with Crippen LogP contribution in [-0.2, 0) is 6.54 Å². The number of rotatable bonds is 4. The van der Waals surface area contributed by atoms with Crippen LogP contribution in [0, 0.1) is 6.92 Å². The van der Waals surface area contributed by atoms with E-state index in [9.17, 15) is 4.79 Å². The molecule has 1 aromatic heterocycles. The van der Waals surface area contributed by atoms with Crippen LogP contribution in [0.3, 0.4) is 0 Å². The summed E-state index contributed by atoms with van der Waals surface area (Å²) in [7, 11) is 3.32. The van der Waals surface area contributed by atoms with Gasteiger partial charge in [0.25, 0.3) is 5.91 Å². The highest BCUT2D eigenvalue weighted by molar-refractivity contribution is 9.10. The van der Waals surface area contributed by atoms with Crippen molar-refractivity contribution in [1.29, 1.82) is 0 Å². The lowest BCUT2D eigenvalue weighted by atomic mass is 10.2. The van der Waals surface area contributed by atoms with E-state index < -0.39 is 0 Å². The number of benzene rings is 1. The molecular weight excluding hydrogens is 324 g/mol. The summed E-state index contributed by atoms with van der Waals surface area (Å²) < 4.78 is 11.2. The predicted octanol–water partition coefficient (Wildman–Crippen LogP) is 3.03. The molecule has 0 bridgehead atoms. The summed E-state index contributed by atoms with van der Waals surface area (Å²) in [6.45, 7) is 2.18. The monoisotopic (exact) mass is 338 g/mol. The quantitative estimate of drug-likeness (QED) is 0.859. The molecule has 106 valence electrons. The first kappa shape index (κ1) is 14.6. The van der Waals surface area contributed by atoms with Crippen LogP contribution in [0.4, 0.5) is 0 Å². The molecule has 2 aromatic rings.